The Bertz CT molecular complexity index is 891. The van der Waals surface area contributed by atoms with E-state index in [-0.39, 0.29) is 5.91 Å². The van der Waals surface area contributed by atoms with Crippen LogP contribution < -0.4 is 4.90 Å². The Morgan fingerprint density at radius 3 is 2.39 bits per heavy atom. The van der Waals surface area contributed by atoms with E-state index in [1.807, 2.05) is 59.5 Å². The average molecular weight is 436 g/mol. The van der Waals surface area contributed by atoms with Crippen LogP contribution in [0.3, 0.4) is 0 Å². The van der Waals surface area contributed by atoms with Gasteiger partial charge in [-0.3, -0.25) is 4.79 Å². The number of hydrogen-bond acceptors (Lipinski definition) is 3. The fourth-order valence-corrected chi connectivity index (χ4v) is 4.49. The van der Waals surface area contributed by atoms with E-state index in [9.17, 15) is 9.90 Å². The van der Waals surface area contributed by atoms with Crippen LogP contribution in [0.4, 0.5) is 5.69 Å². The van der Waals surface area contributed by atoms with Crippen molar-refractivity contribution in [2.75, 3.05) is 11.4 Å². The molecule has 31 heavy (non-hydrogen) atoms. The summed E-state index contributed by atoms with van der Waals surface area (Å²) in [5.41, 5.74) is 2.50. The van der Waals surface area contributed by atoms with Gasteiger partial charge in [0.2, 0.25) is 0 Å². The lowest BCUT2D eigenvalue weighted by Gasteiger charge is -2.24. The van der Waals surface area contributed by atoms with E-state index in [1.165, 1.54) is 4.88 Å². The maximum Gasteiger partial charge on any atom is 0.258 e. The summed E-state index contributed by atoms with van der Waals surface area (Å²) < 4.78 is 0. The molecule has 4 heteroatoms. The van der Waals surface area contributed by atoms with Crippen LogP contribution in [0.2, 0.25) is 0 Å². The summed E-state index contributed by atoms with van der Waals surface area (Å²) in [6, 6.07) is 21.6. The molecule has 0 aliphatic heterocycles. The topological polar surface area (TPSA) is 40.5 Å². The molecule has 164 valence electrons. The molecule has 0 bridgehead atoms. The molecule has 2 aromatic carbocycles. The fraction of sp³-hybridized carbons (Fsp3) is 0.370. The van der Waals surface area contributed by atoms with Gasteiger partial charge in [-0.05, 0) is 67.0 Å². The predicted molar refractivity (Wildman–Crippen MR) is 131 cm³/mol. The molecule has 0 radical (unpaired) electrons. The second kappa shape index (κ2) is 12.4. The van der Waals surface area contributed by atoms with Gasteiger partial charge in [0.25, 0.3) is 5.91 Å². The van der Waals surface area contributed by atoms with E-state index in [4.69, 9.17) is 0 Å². The Labute approximate surface area is 190 Å². The van der Waals surface area contributed by atoms with Crippen molar-refractivity contribution in [2.24, 2.45) is 0 Å². The molecular weight excluding hydrogens is 402 g/mol. The van der Waals surface area contributed by atoms with E-state index in [0.29, 0.717) is 12.1 Å². The lowest BCUT2D eigenvalue weighted by molar-refractivity contribution is 0.0986. The summed E-state index contributed by atoms with van der Waals surface area (Å²) >= 11 is 1.79. The minimum absolute atomic E-state index is 0.0213. The van der Waals surface area contributed by atoms with Gasteiger partial charge in [0, 0.05) is 22.7 Å². The van der Waals surface area contributed by atoms with E-state index in [1.54, 1.807) is 11.3 Å². The minimum atomic E-state index is -0.440. The zero-order chi connectivity index (χ0) is 21.9. The van der Waals surface area contributed by atoms with Gasteiger partial charge in [0.05, 0.1) is 6.10 Å². The van der Waals surface area contributed by atoms with Crippen LogP contribution >= 0.6 is 11.3 Å². The Hall–Kier alpha value is -2.43. The van der Waals surface area contributed by atoms with E-state index in [0.717, 1.165) is 56.2 Å². The van der Waals surface area contributed by atoms with Gasteiger partial charge in [0.15, 0.2) is 0 Å². The number of carbonyl (C=O) groups is 1. The summed E-state index contributed by atoms with van der Waals surface area (Å²) in [5, 5.41) is 12.6. The van der Waals surface area contributed by atoms with Crippen LogP contribution in [0.5, 0.6) is 0 Å². The van der Waals surface area contributed by atoms with Crippen molar-refractivity contribution >= 4 is 22.9 Å². The molecule has 1 N–H and O–H groups in total. The second-order valence-electron chi connectivity index (χ2n) is 7.96. The van der Waals surface area contributed by atoms with Crippen LogP contribution in [0.25, 0.3) is 0 Å². The third-order valence-corrected chi connectivity index (χ3v) is 6.51. The Balaban J connectivity index is 1.68. The number of anilines is 1. The number of rotatable bonds is 12. The number of thiophene rings is 1. The van der Waals surface area contributed by atoms with E-state index < -0.39 is 6.10 Å². The summed E-state index contributed by atoms with van der Waals surface area (Å²) in [4.78, 5) is 16.5. The number of aryl methyl sites for hydroxylation is 1. The molecule has 0 aliphatic carbocycles. The summed E-state index contributed by atoms with van der Waals surface area (Å²) in [5.74, 6) is 0.0213. The summed E-state index contributed by atoms with van der Waals surface area (Å²) in [6.07, 6.45) is 6.70. The molecule has 0 saturated heterocycles. The largest absolute Gasteiger partial charge is 0.388 e. The molecule has 0 aliphatic rings. The molecule has 1 aromatic heterocycles. The fourth-order valence-electron chi connectivity index (χ4n) is 3.74. The van der Waals surface area contributed by atoms with Crippen LogP contribution in [0, 0.1) is 0 Å². The first-order valence-electron chi connectivity index (χ1n) is 11.4. The molecule has 1 unspecified atom stereocenters. The molecule has 1 atom stereocenters. The van der Waals surface area contributed by atoms with Crippen molar-refractivity contribution in [1.29, 1.82) is 0 Å². The normalized spacial score (nSPS) is 11.9. The van der Waals surface area contributed by atoms with Crippen LogP contribution in [0.15, 0.2) is 72.1 Å². The zero-order valence-corrected chi connectivity index (χ0v) is 19.2. The number of amides is 1. The molecular formula is C27H33NO2S. The number of nitrogens with zero attached hydrogens (tertiary/aromatic N) is 1. The highest BCUT2D eigenvalue weighted by molar-refractivity contribution is 7.09. The van der Waals surface area contributed by atoms with E-state index >= 15 is 0 Å². The van der Waals surface area contributed by atoms with Crippen LogP contribution in [-0.2, 0) is 6.42 Å². The molecule has 1 amide bonds. The first kappa shape index (κ1) is 23.2. The van der Waals surface area contributed by atoms with Crippen molar-refractivity contribution in [3.8, 4) is 0 Å². The number of aliphatic hydroxyl groups is 1. The number of aliphatic hydroxyl groups excluding tert-OH is 1. The monoisotopic (exact) mass is 435 g/mol. The van der Waals surface area contributed by atoms with Crippen molar-refractivity contribution in [3.05, 3.63) is 88.1 Å². The van der Waals surface area contributed by atoms with Crippen molar-refractivity contribution in [3.63, 3.8) is 0 Å². The molecule has 1 heterocycles. The molecule has 0 spiro atoms. The minimum Gasteiger partial charge on any atom is -0.388 e. The van der Waals surface area contributed by atoms with Gasteiger partial charge in [-0.15, -0.1) is 11.3 Å². The Morgan fingerprint density at radius 2 is 1.71 bits per heavy atom. The van der Waals surface area contributed by atoms with Crippen LogP contribution in [0.1, 0.15) is 72.4 Å². The zero-order valence-electron chi connectivity index (χ0n) is 18.4. The van der Waals surface area contributed by atoms with Gasteiger partial charge in [-0.1, -0.05) is 62.6 Å². The van der Waals surface area contributed by atoms with Crippen LogP contribution in [-0.4, -0.2) is 17.6 Å². The third-order valence-electron chi connectivity index (χ3n) is 5.57. The Kier molecular flexibility index (Phi) is 9.32. The maximum absolute atomic E-state index is 13.2. The van der Waals surface area contributed by atoms with Gasteiger partial charge in [-0.2, -0.15) is 0 Å². The second-order valence-corrected chi connectivity index (χ2v) is 8.99. The summed E-state index contributed by atoms with van der Waals surface area (Å²) in [7, 11) is 0. The predicted octanol–water partition coefficient (Wildman–Crippen LogP) is 7.03. The first-order chi connectivity index (χ1) is 15.2. The standard InChI is InChI=1S/C27H33NO2S/c1-2-3-5-15-26(29)22-16-18-24(19-17-22)28(27(30)23-11-6-4-7-12-23)20-9-8-13-25-14-10-21-31-25/h4,6-7,10-12,14,16-19,21,26,29H,2-3,5,8-9,13,15,20H2,1H3. The first-order valence-corrected chi connectivity index (χ1v) is 12.2. The number of hydrogen-bond donors (Lipinski definition) is 1. The molecule has 0 fully saturated rings. The quantitative estimate of drug-likeness (QED) is 0.310. The highest BCUT2D eigenvalue weighted by Crippen LogP contribution is 2.25. The number of benzene rings is 2. The lowest BCUT2D eigenvalue weighted by atomic mass is 10.0. The third kappa shape index (κ3) is 7.05. The molecule has 3 rings (SSSR count). The Morgan fingerprint density at radius 1 is 0.935 bits per heavy atom. The number of unbranched alkanes of at least 4 members (excludes halogenated alkanes) is 3. The SMILES string of the molecule is CCCCCC(O)c1ccc(N(CCCCc2cccs2)C(=O)c2ccccc2)cc1. The highest BCUT2D eigenvalue weighted by atomic mass is 32.1. The van der Waals surface area contributed by atoms with Crippen molar-refractivity contribution < 1.29 is 9.90 Å². The highest BCUT2D eigenvalue weighted by Gasteiger charge is 2.18. The number of carbonyl (C=O) groups excluding carboxylic acids is 1. The summed E-state index contributed by atoms with van der Waals surface area (Å²) in [6.45, 7) is 2.84. The average Bonchev–Trinajstić information content (AvgIpc) is 3.33. The molecule has 0 saturated carbocycles. The van der Waals surface area contributed by atoms with Gasteiger partial charge in [0.1, 0.15) is 0 Å². The van der Waals surface area contributed by atoms with Gasteiger partial charge in [-0.25, -0.2) is 0 Å². The lowest BCUT2D eigenvalue weighted by Crippen LogP contribution is -2.32. The molecule has 3 nitrogen and oxygen atoms in total. The maximum atomic E-state index is 13.2. The van der Waals surface area contributed by atoms with E-state index in [2.05, 4.69) is 24.4 Å². The smallest absolute Gasteiger partial charge is 0.258 e. The van der Waals surface area contributed by atoms with Crippen molar-refractivity contribution in [1.82, 2.24) is 0 Å². The molecule has 3 aromatic rings. The van der Waals surface area contributed by atoms with Crippen molar-refractivity contribution in [2.45, 2.75) is 58.0 Å². The van der Waals surface area contributed by atoms with Gasteiger partial charge >= 0.3 is 0 Å². The van der Waals surface area contributed by atoms with Gasteiger partial charge < -0.3 is 10.0 Å².